The van der Waals surface area contributed by atoms with E-state index in [0.717, 1.165) is 12.5 Å². The van der Waals surface area contributed by atoms with Crippen LogP contribution in [0.5, 0.6) is 0 Å². The van der Waals surface area contributed by atoms with Crippen LogP contribution in [0, 0.1) is 5.92 Å². The molecule has 1 aliphatic rings. The van der Waals surface area contributed by atoms with Gasteiger partial charge in [-0.1, -0.05) is 0 Å². The molecule has 1 aliphatic heterocycles. The van der Waals surface area contributed by atoms with Gasteiger partial charge in [-0.3, -0.25) is 4.90 Å². The van der Waals surface area contributed by atoms with Crippen LogP contribution >= 0.6 is 0 Å². The third-order valence-electron chi connectivity index (χ3n) is 3.54. The summed E-state index contributed by atoms with van der Waals surface area (Å²) in [5, 5.41) is 0. The quantitative estimate of drug-likeness (QED) is 0.753. The number of rotatable bonds is 3. The van der Waals surface area contributed by atoms with Crippen LogP contribution in [0.3, 0.4) is 0 Å². The number of hydrogen-bond acceptors (Lipinski definition) is 2. The van der Waals surface area contributed by atoms with Crippen LogP contribution in [-0.2, 0) is 0 Å². The van der Waals surface area contributed by atoms with Crippen LogP contribution in [0.4, 0.5) is 0 Å². The van der Waals surface area contributed by atoms with Gasteiger partial charge in [0.1, 0.15) is 0 Å². The second kappa shape index (κ2) is 4.63. The Morgan fingerprint density at radius 3 is 2.50 bits per heavy atom. The molecule has 0 spiro atoms. The van der Waals surface area contributed by atoms with Crippen LogP contribution in [0.1, 0.15) is 47.0 Å². The highest BCUT2D eigenvalue weighted by Gasteiger charge is 2.35. The fourth-order valence-corrected chi connectivity index (χ4v) is 2.99. The number of likely N-dealkylation sites (tertiary alicyclic amines) is 1. The Hall–Kier alpha value is -0.0800. The second-order valence-electron chi connectivity index (χ2n) is 5.54. The molecular weight excluding hydrogens is 172 g/mol. The number of piperidine rings is 1. The van der Waals surface area contributed by atoms with Crippen molar-refractivity contribution in [1.82, 2.24) is 4.90 Å². The third-order valence-corrected chi connectivity index (χ3v) is 3.54. The molecule has 1 saturated heterocycles. The van der Waals surface area contributed by atoms with Crippen molar-refractivity contribution < 1.29 is 0 Å². The highest BCUT2D eigenvalue weighted by molar-refractivity contribution is 4.90. The van der Waals surface area contributed by atoms with Gasteiger partial charge in [-0.05, 0) is 66.0 Å². The number of hydrogen-bond donors (Lipinski definition) is 1. The minimum Gasteiger partial charge on any atom is -0.330 e. The van der Waals surface area contributed by atoms with Gasteiger partial charge in [0, 0.05) is 11.6 Å². The largest absolute Gasteiger partial charge is 0.330 e. The van der Waals surface area contributed by atoms with Crippen molar-refractivity contribution in [3.8, 4) is 0 Å². The average Bonchev–Trinajstić information content (AvgIpc) is 2.01. The van der Waals surface area contributed by atoms with Gasteiger partial charge in [0.15, 0.2) is 0 Å². The molecule has 1 unspecified atom stereocenters. The van der Waals surface area contributed by atoms with E-state index in [1.54, 1.807) is 0 Å². The Labute approximate surface area is 88.8 Å². The molecule has 0 aromatic heterocycles. The van der Waals surface area contributed by atoms with E-state index in [1.807, 2.05) is 0 Å². The van der Waals surface area contributed by atoms with Crippen LogP contribution in [0.25, 0.3) is 0 Å². The van der Waals surface area contributed by atoms with Gasteiger partial charge in [0.2, 0.25) is 0 Å². The summed E-state index contributed by atoms with van der Waals surface area (Å²) in [5.74, 6) is 0.852. The molecule has 0 aromatic carbocycles. The Morgan fingerprint density at radius 1 is 1.43 bits per heavy atom. The van der Waals surface area contributed by atoms with Crippen molar-refractivity contribution in [2.75, 3.05) is 13.1 Å². The minimum atomic E-state index is 0.367. The molecule has 0 bridgehead atoms. The van der Waals surface area contributed by atoms with Crippen molar-refractivity contribution in [3.63, 3.8) is 0 Å². The van der Waals surface area contributed by atoms with Gasteiger partial charge >= 0.3 is 0 Å². The predicted molar refractivity (Wildman–Crippen MR) is 62.3 cm³/mol. The lowest BCUT2D eigenvalue weighted by atomic mass is 9.80. The minimum absolute atomic E-state index is 0.367. The molecule has 2 heteroatoms. The first-order chi connectivity index (χ1) is 6.47. The summed E-state index contributed by atoms with van der Waals surface area (Å²) in [7, 11) is 0. The monoisotopic (exact) mass is 198 g/mol. The molecule has 1 heterocycles. The van der Waals surface area contributed by atoms with Crippen LogP contribution < -0.4 is 5.73 Å². The lowest BCUT2D eigenvalue weighted by Gasteiger charge is -2.48. The standard InChI is InChI=1S/C12H26N2/c1-10(2)14-8-6-11(5-7-13)9-12(14,3)4/h10-11H,5-9,13H2,1-4H3. The molecule has 0 saturated carbocycles. The first-order valence-electron chi connectivity index (χ1n) is 5.94. The summed E-state index contributed by atoms with van der Waals surface area (Å²) in [6.45, 7) is 11.4. The van der Waals surface area contributed by atoms with E-state index in [0.29, 0.717) is 11.6 Å². The number of nitrogens with zero attached hydrogens (tertiary/aromatic N) is 1. The van der Waals surface area contributed by atoms with Crippen LogP contribution in [0.2, 0.25) is 0 Å². The summed E-state index contributed by atoms with van der Waals surface area (Å²) in [6.07, 6.45) is 3.84. The molecule has 2 nitrogen and oxygen atoms in total. The third kappa shape index (κ3) is 2.71. The van der Waals surface area contributed by atoms with Gasteiger partial charge in [-0.2, -0.15) is 0 Å². The van der Waals surface area contributed by atoms with E-state index >= 15 is 0 Å². The maximum absolute atomic E-state index is 5.63. The zero-order valence-electron chi connectivity index (χ0n) is 10.2. The molecule has 1 atom stereocenters. The summed E-state index contributed by atoms with van der Waals surface area (Å²) in [6, 6.07) is 0.670. The first-order valence-corrected chi connectivity index (χ1v) is 5.94. The van der Waals surface area contributed by atoms with Gasteiger partial charge in [0.25, 0.3) is 0 Å². The first kappa shape index (κ1) is 12.0. The Bertz CT molecular complexity index is 175. The summed E-state index contributed by atoms with van der Waals surface area (Å²) in [4.78, 5) is 2.63. The molecule has 2 N–H and O–H groups in total. The van der Waals surface area contributed by atoms with Crippen LogP contribution in [0.15, 0.2) is 0 Å². The molecule has 0 amide bonds. The van der Waals surface area contributed by atoms with E-state index < -0.39 is 0 Å². The second-order valence-corrected chi connectivity index (χ2v) is 5.54. The smallest absolute Gasteiger partial charge is 0.0158 e. The fourth-order valence-electron chi connectivity index (χ4n) is 2.99. The molecule has 1 rings (SSSR count). The molecular formula is C12H26N2. The zero-order chi connectivity index (χ0) is 10.8. The predicted octanol–water partition coefficient (Wildman–Crippen LogP) is 2.23. The van der Waals surface area contributed by atoms with Crippen LogP contribution in [-0.4, -0.2) is 29.6 Å². The van der Waals surface area contributed by atoms with Crippen molar-refractivity contribution in [2.45, 2.75) is 58.5 Å². The van der Waals surface area contributed by atoms with E-state index in [1.165, 1.54) is 25.8 Å². The molecule has 14 heavy (non-hydrogen) atoms. The highest BCUT2D eigenvalue weighted by atomic mass is 15.2. The van der Waals surface area contributed by atoms with Gasteiger partial charge in [-0.25, -0.2) is 0 Å². The maximum atomic E-state index is 5.63. The van der Waals surface area contributed by atoms with Crippen molar-refractivity contribution in [1.29, 1.82) is 0 Å². The summed E-state index contributed by atoms with van der Waals surface area (Å²) < 4.78 is 0. The Balaban J connectivity index is 2.56. The normalized spacial score (nSPS) is 28.3. The highest BCUT2D eigenvalue weighted by Crippen LogP contribution is 2.34. The van der Waals surface area contributed by atoms with Gasteiger partial charge in [0.05, 0.1) is 0 Å². The summed E-state index contributed by atoms with van der Waals surface area (Å²) >= 11 is 0. The zero-order valence-corrected chi connectivity index (χ0v) is 10.2. The molecule has 84 valence electrons. The molecule has 0 radical (unpaired) electrons. The number of nitrogens with two attached hydrogens (primary N) is 1. The van der Waals surface area contributed by atoms with Crippen molar-refractivity contribution >= 4 is 0 Å². The fraction of sp³-hybridized carbons (Fsp3) is 1.00. The van der Waals surface area contributed by atoms with E-state index in [9.17, 15) is 0 Å². The van der Waals surface area contributed by atoms with Crippen molar-refractivity contribution in [2.24, 2.45) is 11.7 Å². The summed E-state index contributed by atoms with van der Waals surface area (Å²) in [5.41, 5.74) is 6.00. The average molecular weight is 198 g/mol. The Morgan fingerprint density at radius 2 is 2.07 bits per heavy atom. The maximum Gasteiger partial charge on any atom is 0.0158 e. The molecule has 1 fully saturated rings. The lowest BCUT2D eigenvalue weighted by molar-refractivity contribution is 0.0194. The van der Waals surface area contributed by atoms with E-state index in [2.05, 4.69) is 32.6 Å². The van der Waals surface area contributed by atoms with Gasteiger partial charge in [-0.15, -0.1) is 0 Å². The van der Waals surface area contributed by atoms with Crippen molar-refractivity contribution in [3.05, 3.63) is 0 Å². The molecule has 0 aliphatic carbocycles. The molecule has 0 aromatic rings. The van der Waals surface area contributed by atoms with E-state index in [-0.39, 0.29) is 0 Å². The topological polar surface area (TPSA) is 29.3 Å². The van der Waals surface area contributed by atoms with Gasteiger partial charge < -0.3 is 5.73 Å². The Kier molecular flexibility index (Phi) is 3.96. The van der Waals surface area contributed by atoms with E-state index in [4.69, 9.17) is 5.73 Å². The SMILES string of the molecule is CC(C)N1CCC(CCN)CC1(C)C. The lowest BCUT2D eigenvalue weighted by Crippen LogP contribution is -2.53.